The van der Waals surface area contributed by atoms with E-state index >= 15 is 0 Å². The fourth-order valence-electron chi connectivity index (χ4n) is 1.94. The summed E-state index contributed by atoms with van der Waals surface area (Å²) < 4.78 is 5.77. The Labute approximate surface area is 136 Å². The van der Waals surface area contributed by atoms with Crippen LogP contribution in [0, 0.1) is 11.3 Å². The van der Waals surface area contributed by atoms with Crippen LogP contribution in [-0.4, -0.2) is 12.9 Å². The van der Waals surface area contributed by atoms with E-state index in [1.54, 1.807) is 49.6 Å². The minimum Gasteiger partial charge on any atom is -0.497 e. The summed E-state index contributed by atoms with van der Waals surface area (Å²) in [6, 6.07) is 13.8. The maximum atomic E-state index is 12.5. The average Bonchev–Trinajstić information content (AvgIpc) is 2.47. The number of carbonyl (C=O) groups excluding carboxylic acids is 1. The third-order valence-electron chi connectivity index (χ3n) is 2.99. The van der Waals surface area contributed by atoms with Crippen molar-refractivity contribution in [2.75, 3.05) is 7.11 Å². The van der Waals surface area contributed by atoms with Crippen LogP contribution in [0.2, 0.25) is 5.02 Å². The first-order valence-corrected chi connectivity index (χ1v) is 7.26. The molecule has 1 unspecified atom stereocenters. The Morgan fingerprint density at radius 1 is 1.29 bits per heavy atom. The number of halogens is 2. The predicted molar refractivity (Wildman–Crippen MR) is 84.8 cm³/mol. The Kier molecular flexibility index (Phi) is 5.00. The number of methoxy groups -OCH3 is 1. The van der Waals surface area contributed by atoms with Gasteiger partial charge in [0.2, 0.25) is 0 Å². The largest absolute Gasteiger partial charge is 0.497 e. The van der Waals surface area contributed by atoms with Gasteiger partial charge in [-0.15, -0.1) is 0 Å². The standard InChI is InChI=1S/C16H11BrClNO2/c1-21-14-4-2-10(3-5-14)15(9-19)16(20)11-6-12(17)8-13(18)7-11/h2-8,15H,1H3. The van der Waals surface area contributed by atoms with Gasteiger partial charge in [0.15, 0.2) is 5.78 Å². The van der Waals surface area contributed by atoms with Crippen LogP contribution in [0.5, 0.6) is 5.75 Å². The van der Waals surface area contributed by atoms with Crippen LogP contribution in [0.25, 0.3) is 0 Å². The van der Waals surface area contributed by atoms with Gasteiger partial charge in [0.05, 0.1) is 13.2 Å². The molecular formula is C16H11BrClNO2. The molecule has 2 aromatic carbocycles. The van der Waals surface area contributed by atoms with Crippen molar-refractivity contribution in [3.05, 3.63) is 63.1 Å². The second-order valence-electron chi connectivity index (χ2n) is 4.36. The molecule has 1 atom stereocenters. The van der Waals surface area contributed by atoms with Gasteiger partial charge < -0.3 is 4.74 Å². The van der Waals surface area contributed by atoms with E-state index in [1.807, 2.05) is 6.07 Å². The molecule has 0 spiro atoms. The average molecular weight is 365 g/mol. The summed E-state index contributed by atoms with van der Waals surface area (Å²) in [5.74, 6) is -0.486. The molecule has 0 aliphatic rings. The number of nitriles is 1. The number of hydrogen-bond acceptors (Lipinski definition) is 3. The molecule has 0 heterocycles. The molecule has 0 aromatic heterocycles. The molecule has 0 N–H and O–H groups in total. The highest BCUT2D eigenvalue weighted by atomic mass is 79.9. The molecule has 3 nitrogen and oxygen atoms in total. The summed E-state index contributed by atoms with van der Waals surface area (Å²) in [4.78, 5) is 12.5. The molecule has 0 saturated carbocycles. The van der Waals surface area contributed by atoms with Crippen molar-refractivity contribution in [1.82, 2.24) is 0 Å². The van der Waals surface area contributed by atoms with E-state index in [2.05, 4.69) is 15.9 Å². The van der Waals surface area contributed by atoms with Crippen molar-refractivity contribution in [2.24, 2.45) is 0 Å². The molecule has 5 heteroatoms. The number of rotatable bonds is 4. The molecule has 2 rings (SSSR count). The van der Waals surface area contributed by atoms with E-state index in [4.69, 9.17) is 16.3 Å². The third kappa shape index (κ3) is 3.63. The smallest absolute Gasteiger partial charge is 0.184 e. The maximum Gasteiger partial charge on any atom is 0.184 e. The van der Waals surface area contributed by atoms with Gasteiger partial charge in [-0.2, -0.15) is 5.26 Å². The Morgan fingerprint density at radius 3 is 2.48 bits per heavy atom. The molecule has 0 saturated heterocycles. The van der Waals surface area contributed by atoms with Gasteiger partial charge >= 0.3 is 0 Å². The molecule has 0 radical (unpaired) electrons. The highest BCUT2D eigenvalue weighted by Gasteiger charge is 2.22. The van der Waals surface area contributed by atoms with E-state index in [-0.39, 0.29) is 5.78 Å². The minimum atomic E-state index is -0.874. The third-order valence-corrected chi connectivity index (χ3v) is 3.66. The second kappa shape index (κ2) is 6.75. The van der Waals surface area contributed by atoms with E-state index in [1.165, 1.54) is 0 Å². The number of hydrogen-bond donors (Lipinski definition) is 0. The van der Waals surface area contributed by atoms with Crippen molar-refractivity contribution in [3.8, 4) is 11.8 Å². The molecule has 0 aliphatic carbocycles. The van der Waals surface area contributed by atoms with Gasteiger partial charge in [-0.25, -0.2) is 0 Å². The lowest BCUT2D eigenvalue weighted by Crippen LogP contribution is -2.11. The van der Waals surface area contributed by atoms with Crippen molar-refractivity contribution in [2.45, 2.75) is 5.92 Å². The van der Waals surface area contributed by atoms with Gasteiger partial charge in [0, 0.05) is 15.1 Å². The van der Waals surface area contributed by atoms with Gasteiger partial charge in [0.25, 0.3) is 0 Å². The molecule has 21 heavy (non-hydrogen) atoms. The fraction of sp³-hybridized carbons (Fsp3) is 0.125. The van der Waals surface area contributed by atoms with Crippen LogP contribution in [0.15, 0.2) is 46.9 Å². The molecule has 0 fully saturated rings. The lowest BCUT2D eigenvalue weighted by atomic mass is 9.92. The first-order chi connectivity index (χ1) is 10.0. The monoisotopic (exact) mass is 363 g/mol. The first-order valence-electron chi connectivity index (χ1n) is 6.09. The quantitative estimate of drug-likeness (QED) is 0.745. The Hall–Kier alpha value is -1.83. The summed E-state index contributed by atoms with van der Waals surface area (Å²) in [7, 11) is 1.56. The number of benzene rings is 2. The molecule has 0 bridgehead atoms. The summed E-state index contributed by atoms with van der Waals surface area (Å²) >= 11 is 9.24. The van der Waals surface area contributed by atoms with Crippen molar-refractivity contribution in [3.63, 3.8) is 0 Å². The summed E-state index contributed by atoms with van der Waals surface area (Å²) in [6.45, 7) is 0. The van der Waals surface area contributed by atoms with Crippen molar-refractivity contribution < 1.29 is 9.53 Å². The number of Topliss-reactive ketones (excluding diaryl/α,β-unsaturated/α-hetero) is 1. The van der Waals surface area contributed by atoms with E-state index in [0.717, 1.165) is 0 Å². The van der Waals surface area contributed by atoms with Crippen LogP contribution in [0.4, 0.5) is 0 Å². The topological polar surface area (TPSA) is 50.1 Å². The van der Waals surface area contributed by atoms with E-state index < -0.39 is 5.92 Å². The molecule has 0 amide bonds. The zero-order valence-electron chi connectivity index (χ0n) is 11.1. The number of carbonyl (C=O) groups is 1. The van der Waals surface area contributed by atoms with Gasteiger partial charge in [-0.05, 0) is 35.9 Å². The number of ether oxygens (including phenoxy) is 1. The van der Waals surface area contributed by atoms with Gasteiger partial charge in [-0.3, -0.25) is 4.79 Å². The Balaban J connectivity index is 2.36. The predicted octanol–water partition coefficient (Wildman–Crippen LogP) is 4.60. The van der Waals surface area contributed by atoms with Crippen LogP contribution in [-0.2, 0) is 0 Å². The molecule has 2 aromatic rings. The highest BCUT2D eigenvalue weighted by molar-refractivity contribution is 9.10. The normalized spacial score (nSPS) is 11.5. The van der Waals surface area contributed by atoms with E-state index in [9.17, 15) is 10.1 Å². The van der Waals surface area contributed by atoms with Crippen molar-refractivity contribution in [1.29, 1.82) is 5.26 Å². The lowest BCUT2D eigenvalue weighted by Gasteiger charge is -2.10. The van der Waals surface area contributed by atoms with Gasteiger partial charge in [0.1, 0.15) is 11.7 Å². The summed E-state index contributed by atoms with van der Waals surface area (Å²) in [5, 5.41) is 9.77. The summed E-state index contributed by atoms with van der Waals surface area (Å²) in [6.07, 6.45) is 0. The van der Waals surface area contributed by atoms with Gasteiger partial charge in [-0.1, -0.05) is 39.7 Å². The molecule has 106 valence electrons. The lowest BCUT2D eigenvalue weighted by molar-refractivity contribution is 0.0979. The number of nitrogens with zero attached hydrogens (tertiary/aromatic N) is 1. The van der Waals surface area contributed by atoms with E-state index in [0.29, 0.717) is 26.4 Å². The SMILES string of the molecule is COc1ccc(C(C#N)C(=O)c2cc(Cl)cc(Br)c2)cc1. The highest BCUT2D eigenvalue weighted by Crippen LogP contribution is 2.26. The Morgan fingerprint density at radius 2 is 1.95 bits per heavy atom. The summed E-state index contributed by atoms with van der Waals surface area (Å²) in [5.41, 5.74) is 1.02. The first kappa shape index (κ1) is 15.6. The Bertz CT molecular complexity index is 687. The van der Waals surface area contributed by atoms with Crippen LogP contribution in [0.1, 0.15) is 21.8 Å². The number of ketones is 1. The zero-order valence-corrected chi connectivity index (χ0v) is 13.5. The zero-order chi connectivity index (χ0) is 15.4. The van der Waals surface area contributed by atoms with Crippen LogP contribution >= 0.6 is 27.5 Å². The second-order valence-corrected chi connectivity index (χ2v) is 5.71. The molecule has 0 aliphatic heterocycles. The minimum absolute atomic E-state index is 0.286. The van der Waals surface area contributed by atoms with Crippen molar-refractivity contribution >= 4 is 33.3 Å². The fourth-order valence-corrected chi connectivity index (χ4v) is 2.80. The molecular weight excluding hydrogens is 354 g/mol. The van der Waals surface area contributed by atoms with Crippen LogP contribution < -0.4 is 4.74 Å². The maximum absolute atomic E-state index is 12.5. The van der Waals surface area contributed by atoms with Crippen LogP contribution in [0.3, 0.4) is 0 Å².